The molecule has 1 rings (SSSR count). The van der Waals surface area contributed by atoms with E-state index in [2.05, 4.69) is 14.9 Å². The summed E-state index contributed by atoms with van der Waals surface area (Å²) in [5.41, 5.74) is 5.80. The first kappa shape index (κ1) is 8.45. The lowest BCUT2D eigenvalue weighted by atomic mass is 10.3. The second kappa shape index (κ2) is 3.66. The summed E-state index contributed by atoms with van der Waals surface area (Å²) in [5.74, 6) is -0.539. The summed E-state index contributed by atoms with van der Waals surface area (Å²) >= 11 is 0. The molecule has 64 valence electrons. The molecule has 2 N–H and O–H groups in total. The molecule has 0 atom stereocenters. The van der Waals surface area contributed by atoms with Gasteiger partial charge in [0.2, 0.25) is 0 Å². The van der Waals surface area contributed by atoms with Crippen LogP contribution in [0.25, 0.3) is 0 Å². The van der Waals surface area contributed by atoms with Crippen LogP contribution < -0.4 is 5.73 Å². The molecule has 0 radical (unpaired) electrons. The largest absolute Gasteiger partial charge is 0.461 e. The minimum Gasteiger partial charge on any atom is -0.461 e. The predicted octanol–water partition coefficient (Wildman–Crippen LogP) is 0.236. The van der Waals surface area contributed by atoms with Crippen molar-refractivity contribution in [1.29, 1.82) is 0 Å². The summed E-state index contributed by atoms with van der Waals surface area (Å²) in [6.07, 6.45) is 1.41. The molecule has 0 aromatic carbocycles. The number of nitrogen functional groups attached to an aromatic ring is 1. The van der Waals surface area contributed by atoms with Crippen LogP contribution in [0.15, 0.2) is 12.3 Å². The molecule has 0 aliphatic carbocycles. The molecule has 0 spiro atoms. The smallest absolute Gasteiger partial charge is 0.361 e. The maximum Gasteiger partial charge on any atom is 0.361 e. The molecule has 0 saturated carbocycles. The first-order chi connectivity index (χ1) is 5.75. The van der Waals surface area contributed by atoms with E-state index >= 15 is 0 Å². The highest BCUT2D eigenvalue weighted by Crippen LogP contribution is 2.06. The van der Waals surface area contributed by atoms with E-state index in [0.29, 0.717) is 6.61 Å². The molecule has 1 aromatic heterocycles. The zero-order valence-corrected chi connectivity index (χ0v) is 6.65. The highest BCUT2D eigenvalue weighted by atomic mass is 16.5. The van der Waals surface area contributed by atoms with E-state index in [4.69, 9.17) is 5.73 Å². The van der Waals surface area contributed by atoms with Crippen molar-refractivity contribution in [3.8, 4) is 0 Å². The monoisotopic (exact) mass is 167 g/mol. The van der Waals surface area contributed by atoms with Crippen molar-refractivity contribution in [2.24, 2.45) is 0 Å². The number of anilines is 1. The van der Waals surface area contributed by atoms with Crippen molar-refractivity contribution in [3.63, 3.8) is 0 Å². The molecular weight excluding hydrogens is 158 g/mol. The highest BCUT2D eigenvalue weighted by molar-refractivity contribution is 5.92. The molecule has 0 saturated heterocycles. The number of nitrogens with two attached hydrogens (primary N) is 1. The molecule has 0 bridgehead atoms. The van der Waals surface area contributed by atoms with Gasteiger partial charge in [0, 0.05) is 0 Å². The van der Waals surface area contributed by atoms with E-state index in [1.54, 1.807) is 6.92 Å². The second-order valence-electron chi connectivity index (χ2n) is 2.06. The Bertz CT molecular complexity index is 288. The van der Waals surface area contributed by atoms with Crippen LogP contribution in [0.1, 0.15) is 17.4 Å². The van der Waals surface area contributed by atoms with Gasteiger partial charge >= 0.3 is 5.97 Å². The Hall–Kier alpha value is -1.65. The SMILES string of the molecule is CCOC(=O)c1nnccc1N. The Morgan fingerprint density at radius 1 is 1.75 bits per heavy atom. The van der Waals surface area contributed by atoms with Crippen molar-refractivity contribution < 1.29 is 9.53 Å². The third-order valence-electron chi connectivity index (χ3n) is 1.22. The fourth-order valence-electron chi connectivity index (χ4n) is 0.700. The molecule has 0 amide bonds. The van der Waals surface area contributed by atoms with Gasteiger partial charge in [0.1, 0.15) is 0 Å². The van der Waals surface area contributed by atoms with Gasteiger partial charge in [-0.15, -0.1) is 5.10 Å². The number of carbonyl (C=O) groups excluding carboxylic acids is 1. The standard InChI is InChI=1S/C7H9N3O2/c1-2-12-7(11)6-5(8)3-4-9-10-6/h3-4H,2H2,1H3,(H2,8,9). The van der Waals surface area contributed by atoms with Crippen molar-refractivity contribution in [2.45, 2.75) is 6.92 Å². The van der Waals surface area contributed by atoms with Crippen LogP contribution in [-0.2, 0) is 4.74 Å². The third-order valence-corrected chi connectivity index (χ3v) is 1.22. The van der Waals surface area contributed by atoms with Crippen molar-refractivity contribution in [2.75, 3.05) is 12.3 Å². The van der Waals surface area contributed by atoms with Gasteiger partial charge in [-0.05, 0) is 13.0 Å². The Balaban J connectivity index is 2.87. The Morgan fingerprint density at radius 2 is 2.50 bits per heavy atom. The van der Waals surface area contributed by atoms with Gasteiger partial charge < -0.3 is 10.5 Å². The summed E-state index contributed by atoms with van der Waals surface area (Å²) in [6, 6.07) is 1.50. The summed E-state index contributed by atoms with van der Waals surface area (Å²) in [5, 5.41) is 7.07. The average Bonchev–Trinajstić information content (AvgIpc) is 2.05. The molecular formula is C7H9N3O2. The fourth-order valence-corrected chi connectivity index (χ4v) is 0.700. The first-order valence-electron chi connectivity index (χ1n) is 3.50. The lowest BCUT2D eigenvalue weighted by Crippen LogP contribution is -2.10. The van der Waals surface area contributed by atoms with Crippen LogP contribution in [0.4, 0.5) is 5.69 Å². The van der Waals surface area contributed by atoms with E-state index in [-0.39, 0.29) is 11.4 Å². The number of rotatable bonds is 2. The maximum absolute atomic E-state index is 11.1. The first-order valence-corrected chi connectivity index (χ1v) is 3.50. The summed E-state index contributed by atoms with van der Waals surface area (Å²) in [6.45, 7) is 2.01. The van der Waals surface area contributed by atoms with E-state index in [9.17, 15) is 4.79 Å². The Morgan fingerprint density at radius 3 is 3.08 bits per heavy atom. The molecule has 0 fully saturated rings. The molecule has 1 aromatic rings. The third kappa shape index (κ3) is 1.69. The number of hydrogen-bond acceptors (Lipinski definition) is 5. The van der Waals surface area contributed by atoms with Gasteiger partial charge in [0.15, 0.2) is 5.69 Å². The lowest BCUT2D eigenvalue weighted by Gasteiger charge is -2.01. The number of nitrogens with zero attached hydrogens (tertiary/aromatic N) is 2. The minimum absolute atomic E-state index is 0.0688. The summed E-state index contributed by atoms with van der Waals surface area (Å²) < 4.78 is 4.69. The Kier molecular flexibility index (Phi) is 2.57. The van der Waals surface area contributed by atoms with E-state index in [1.807, 2.05) is 0 Å². The quantitative estimate of drug-likeness (QED) is 0.638. The number of esters is 1. The lowest BCUT2D eigenvalue weighted by molar-refractivity contribution is 0.0519. The van der Waals surface area contributed by atoms with Crippen LogP contribution >= 0.6 is 0 Å². The molecule has 0 unspecified atom stereocenters. The predicted molar refractivity (Wildman–Crippen MR) is 42.4 cm³/mol. The molecule has 0 aliphatic rings. The highest BCUT2D eigenvalue weighted by Gasteiger charge is 2.11. The van der Waals surface area contributed by atoms with E-state index in [0.717, 1.165) is 0 Å². The van der Waals surface area contributed by atoms with Crippen LogP contribution in [-0.4, -0.2) is 22.8 Å². The van der Waals surface area contributed by atoms with Crippen LogP contribution in [0.3, 0.4) is 0 Å². The van der Waals surface area contributed by atoms with Gasteiger partial charge in [-0.2, -0.15) is 5.10 Å². The normalized spacial score (nSPS) is 9.42. The van der Waals surface area contributed by atoms with Gasteiger partial charge in [0.25, 0.3) is 0 Å². The van der Waals surface area contributed by atoms with Crippen LogP contribution in [0.5, 0.6) is 0 Å². The maximum atomic E-state index is 11.1. The van der Waals surface area contributed by atoms with Gasteiger partial charge in [-0.25, -0.2) is 4.79 Å². The van der Waals surface area contributed by atoms with Gasteiger partial charge in [-0.3, -0.25) is 0 Å². The number of aromatic nitrogens is 2. The minimum atomic E-state index is -0.539. The number of ether oxygens (including phenoxy) is 1. The molecule has 0 aliphatic heterocycles. The van der Waals surface area contributed by atoms with Gasteiger partial charge in [0.05, 0.1) is 18.5 Å². The zero-order valence-electron chi connectivity index (χ0n) is 6.65. The molecule has 5 nitrogen and oxygen atoms in total. The van der Waals surface area contributed by atoms with Gasteiger partial charge in [-0.1, -0.05) is 0 Å². The summed E-state index contributed by atoms with van der Waals surface area (Å²) in [4.78, 5) is 11.1. The molecule has 12 heavy (non-hydrogen) atoms. The van der Waals surface area contributed by atoms with Crippen molar-refractivity contribution in [1.82, 2.24) is 10.2 Å². The second-order valence-corrected chi connectivity index (χ2v) is 2.06. The number of carbonyl (C=O) groups is 1. The van der Waals surface area contributed by atoms with Crippen molar-refractivity contribution >= 4 is 11.7 Å². The average molecular weight is 167 g/mol. The Labute approximate surface area is 69.5 Å². The van der Waals surface area contributed by atoms with Crippen LogP contribution in [0, 0.1) is 0 Å². The zero-order chi connectivity index (χ0) is 8.97. The summed E-state index contributed by atoms with van der Waals surface area (Å²) in [7, 11) is 0. The number of hydrogen-bond donors (Lipinski definition) is 1. The van der Waals surface area contributed by atoms with Crippen LogP contribution in [0.2, 0.25) is 0 Å². The fraction of sp³-hybridized carbons (Fsp3) is 0.286. The van der Waals surface area contributed by atoms with Crippen molar-refractivity contribution in [3.05, 3.63) is 18.0 Å². The molecule has 1 heterocycles. The molecule has 5 heteroatoms. The van der Waals surface area contributed by atoms with E-state index in [1.165, 1.54) is 12.3 Å². The van der Waals surface area contributed by atoms with E-state index < -0.39 is 5.97 Å². The topological polar surface area (TPSA) is 78.1 Å².